The minimum atomic E-state index is 0.465. The average Bonchev–Trinajstić information content (AvgIpc) is 2.49. The molecule has 0 spiro atoms. The summed E-state index contributed by atoms with van der Waals surface area (Å²) in [5.41, 5.74) is 3.15. The topological polar surface area (TPSA) is 15.3 Å². The van der Waals surface area contributed by atoms with E-state index in [0.717, 1.165) is 6.54 Å². The van der Waals surface area contributed by atoms with Gasteiger partial charge in [0.25, 0.3) is 0 Å². The Balaban J connectivity index is 2.01. The van der Waals surface area contributed by atoms with Gasteiger partial charge in [-0.3, -0.25) is 0 Å². The summed E-state index contributed by atoms with van der Waals surface area (Å²) in [7, 11) is 2.25. The molecule has 0 heterocycles. The lowest BCUT2D eigenvalue weighted by molar-refractivity contribution is 0.189. The molecule has 0 saturated heterocycles. The van der Waals surface area contributed by atoms with E-state index in [1.807, 2.05) is 0 Å². The van der Waals surface area contributed by atoms with E-state index in [-0.39, 0.29) is 0 Å². The van der Waals surface area contributed by atoms with E-state index in [2.05, 4.69) is 55.4 Å². The molecule has 1 fully saturated rings. The molecule has 1 aromatic carbocycles. The zero-order chi connectivity index (χ0) is 15.1. The first-order valence-corrected chi connectivity index (χ1v) is 8.64. The monoisotopic (exact) mass is 288 g/mol. The maximum atomic E-state index is 3.68. The molecule has 0 radical (unpaired) electrons. The summed E-state index contributed by atoms with van der Waals surface area (Å²) in [6.45, 7) is 7.90. The molecule has 1 saturated carbocycles. The van der Waals surface area contributed by atoms with Gasteiger partial charge in [-0.05, 0) is 44.9 Å². The molecule has 1 aromatic rings. The van der Waals surface area contributed by atoms with Crippen LogP contribution in [0.1, 0.15) is 51.0 Å². The smallest absolute Gasteiger partial charge is 0.0363 e. The van der Waals surface area contributed by atoms with Crippen molar-refractivity contribution in [3.63, 3.8) is 0 Å². The number of anilines is 1. The molecule has 1 aliphatic carbocycles. The Hall–Kier alpha value is -1.02. The molecule has 1 aliphatic rings. The quantitative estimate of drug-likeness (QED) is 0.749. The molecule has 0 atom stereocenters. The fourth-order valence-corrected chi connectivity index (χ4v) is 3.62. The van der Waals surface area contributed by atoms with Crippen molar-refractivity contribution in [2.45, 2.75) is 52.4 Å². The van der Waals surface area contributed by atoms with Gasteiger partial charge in [-0.1, -0.05) is 43.9 Å². The lowest BCUT2D eigenvalue weighted by Gasteiger charge is -2.41. The van der Waals surface area contributed by atoms with Crippen molar-refractivity contribution in [1.29, 1.82) is 0 Å². The molecule has 0 aromatic heterocycles. The van der Waals surface area contributed by atoms with Crippen molar-refractivity contribution in [3.05, 3.63) is 29.8 Å². The standard InChI is InChI=1S/C19H32N2/c1-4-14-20-15-19(12-6-5-7-13-19)16-21(3)18-10-8-17(2)9-11-18/h8-11,20H,4-7,12-16H2,1-3H3. The Morgan fingerprint density at radius 3 is 2.38 bits per heavy atom. The van der Waals surface area contributed by atoms with Crippen LogP contribution in [-0.4, -0.2) is 26.7 Å². The highest BCUT2D eigenvalue weighted by molar-refractivity contribution is 5.47. The minimum Gasteiger partial charge on any atom is -0.374 e. The number of aryl methyl sites for hydroxylation is 1. The molecular formula is C19H32N2. The van der Waals surface area contributed by atoms with E-state index in [0.29, 0.717) is 5.41 Å². The summed E-state index contributed by atoms with van der Waals surface area (Å²) in [6, 6.07) is 8.94. The number of benzene rings is 1. The Morgan fingerprint density at radius 1 is 1.10 bits per heavy atom. The summed E-state index contributed by atoms with van der Waals surface area (Å²) in [5.74, 6) is 0. The van der Waals surface area contributed by atoms with Crippen molar-refractivity contribution >= 4 is 5.69 Å². The lowest BCUT2D eigenvalue weighted by Crippen LogP contribution is -2.44. The number of hydrogen-bond acceptors (Lipinski definition) is 2. The molecule has 2 rings (SSSR count). The molecule has 0 unspecified atom stereocenters. The predicted octanol–water partition coefficient (Wildman–Crippen LogP) is 4.38. The highest BCUT2D eigenvalue weighted by Gasteiger charge is 2.32. The second-order valence-electron chi connectivity index (χ2n) is 6.93. The van der Waals surface area contributed by atoms with Crippen LogP contribution in [0.15, 0.2) is 24.3 Å². The highest BCUT2D eigenvalue weighted by atomic mass is 15.1. The van der Waals surface area contributed by atoms with Crippen molar-refractivity contribution in [3.8, 4) is 0 Å². The van der Waals surface area contributed by atoms with E-state index >= 15 is 0 Å². The first-order chi connectivity index (χ1) is 10.2. The summed E-state index contributed by atoms with van der Waals surface area (Å²) < 4.78 is 0. The van der Waals surface area contributed by atoms with E-state index in [9.17, 15) is 0 Å². The Bertz CT molecular complexity index is 404. The van der Waals surface area contributed by atoms with Gasteiger partial charge in [0.15, 0.2) is 0 Å². The molecular weight excluding hydrogens is 256 g/mol. The Kier molecular flexibility index (Phi) is 6.10. The van der Waals surface area contributed by atoms with Crippen LogP contribution in [0, 0.1) is 12.3 Å². The summed E-state index contributed by atoms with van der Waals surface area (Å²) in [4.78, 5) is 2.46. The summed E-state index contributed by atoms with van der Waals surface area (Å²) in [6.07, 6.45) is 8.19. The van der Waals surface area contributed by atoms with Crippen LogP contribution in [-0.2, 0) is 0 Å². The molecule has 2 heteroatoms. The molecule has 21 heavy (non-hydrogen) atoms. The van der Waals surface area contributed by atoms with Crippen LogP contribution in [0.2, 0.25) is 0 Å². The molecule has 0 amide bonds. The van der Waals surface area contributed by atoms with E-state index in [1.165, 1.54) is 62.9 Å². The molecule has 0 bridgehead atoms. The van der Waals surface area contributed by atoms with Crippen LogP contribution >= 0.6 is 0 Å². The van der Waals surface area contributed by atoms with E-state index < -0.39 is 0 Å². The van der Waals surface area contributed by atoms with Crippen molar-refractivity contribution in [2.24, 2.45) is 5.41 Å². The van der Waals surface area contributed by atoms with E-state index in [1.54, 1.807) is 0 Å². The van der Waals surface area contributed by atoms with Crippen LogP contribution in [0.3, 0.4) is 0 Å². The molecule has 118 valence electrons. The van der Waals surface area contributed by atoms with Crippen molar-refractivity contribution in [2.75, 3.05) is 31.6 Å². The zero-order valence-electron chi connectivity index (χ0n) is 14.1. The first-order valence-electron chi connectivity index (χ1n) is 8.64. The fraction of sp³-hybridized carbons (Fsp3) is 0.684. The normalized spacial score (nSPS) is 17.7. The second kappa shape index (κ2) is 7.84. The van der Waals surface area contributed by atoms with Gasteiger partial charge in [0.05, 0.1) is 0 Å². The molecule has 0 aliphatic heterocycles. The van der Waals surface area contributed by atoms with Crippen LogP contribution in [0.4, 0.5) is 5.69 Å². The maximum absolute atomic E-state index is 3.68. The summed E-state index contributed by atoms with van der Waals surface area (Å²) >= 11 is 0. The van der Waals surface area contributed by atoms with Gasteiger partial charge in [-0.25, -0.2) is 0 Å². The molecule has 2 nitrogen and oxygen atoms in total. The average molecular weight is 288 g/mol. The predicted molar refractivity (Wildman–Crippen MR) is 93.1 cm³/mol. The fourth-order valence-electron chi connectivity index (χ4n) is 3.62. The van der Waals surface area contributed by atoms with Gasteiger partial charge in [-0.2, -0.15) is 0 Å². The minimum absolute atomic E-state index is 0.465. The largest absolute Gasteiger partial charge is 0.374 e. The van der Waals surface area contributed by atoms with Crippen molar-refractivity contribution in [1.82, 2.24) is 5.32 Å². The van der Waals surface area contributed by atoms with Gasteiger partial charge in [0.1, 0.15) is 0 Å². The number of nitrogens with one attached hydrogen (secondary N) is 1. The van der Waals surface area contributed by atoms with Gasteiger partial charge in [0.2, 0.25) is 0 Å². The summed E-state index contributed by atoms with van der Waals surface area (Å²) in [5, 5.41) is 3.68. The van der Waals surface area contributed by atoms with Gasteiger partial charge in [-0.15, -0.1) is 0 Å². The highest BCUT2D eigenvalue weighted by Crippen LogP contribution is 2.37. The third-order valence-electron chi connectivity index (χ3n) is 4.89. The zero-order valence-corrected chi connectivity index (χ0v) is 14.1. The Morgan fingerprint density at radius 2 is 1.76 bits per heavy atom. The van der Waals surface area contributed by atoms with Gasteiger partial charge in [0, 0.05) is 31.2 Å². The first kappa shape index (κ1) is 16.4. The van der Waals surface area contributed by atoms with Crippen LogP contribution in [0.5, 0.6) is 0 Å². The molecule has 1 N–H and O–H groups in total. The maximum Gasteiger partial charge on any atom is 0.0363 e. The SMILES string of the molecule is CCCNCC1(CN(C)c2ccc(C)cc2)CCCCC1. The second-order valence-corrected chi connectivity index (χ2v) is 6.93. The lowest BCUT2D eigenvalue weighted by atomic mass is 9.73. The third-order valence-corrected chi connectivity index (χ3v) is 4.89. The van der Waals surface area contributed by atoms with Crippen molar-refractivity contribution < 1.29 is 0 Å². The number of rotatable bonds is 7. The van der Waals surface area contributed by atoms with E-state index in [4.69, 9.17) is 0 Å². The van der Waals surface area contributed by atoms with Gasteiger partial charge >= 0.3 is 0 Å². The van der Waals surface area contributed by atoms with Gasteiger partial charge < -0.3 is 10.2 Å². The number of hydrogen-bond donors (Lipinski definition) is 1. The number of nitrogens with zero attached hydrogens (tertiary/aromatic N) is 1. The Labute approximate surface area is 130 Å². The third kappa shape index (κ3) is 4.74. The van der Waals surface area contributed by atoms with Crippen LogP contribution < -0.4 is 10.2 Å². The van der Waals surface area contributed by atoms with Crippen LogP contribution in [0.25, 0.3) is 0 Å².